The third kappa shape index (κ3) is 5.21. The molecule has 0 aliphatic carbocycles. The molecule has 2 amide bonds. The van der Waals surface area contributed by atoms with Crippen LogP contribution in [0.2, 0.25) is 5.02 Å². The molecule has 1 fully saturated rings. The number of esters is 1. The van der Waals surface area contributed by atoms with E-state index in [0.717, 1.165) is 9.48 Å². The lowest BCUT2D eigenvalue weighted by Crippen LogP contribution is -2.43. The second-order valence-corrected chi connectivity index (χ2v) is 7.69. The summed E-state index contributed by atoms with van der Waals surface area (Å²) in [7, 11) is 0. The van der Waals surface area contributed by atoms with Crippen LogP contribution in [0.1, 0.15) is 27.1 Å². The summed E-state index contributed by atoms with van der Waals surface area (Å²) in [6.07, 6.45) is -0.117. The van der Waals surface area contributed by atoms with Crippen molar-refractivity contribution < 1.29 is 23.9 Å². The van der Waals surface area contributed by atoms with E-state index in [2.05, 4.69) is 21.4 Å². The van der Waals surface area contributed by atoms with Gasteiger partial charge < -0.3 is 4.74 Å². The Balaban J connectivity index is 1.53. The van der Waals surface area contributed by atoms with Gasteiger partial charge in [-0.1, -0.05) is 51.8 Å². The molecule has 0 radical (unpaired) electrons. The van der Waals surface area contributed by atoms with Gasteiger partial charge >= 0.3 is 5.97 Å². The molecule has 29 heavy (non-hydrogen) atoms. The highest BCUT2D eigenvalue weighted by atomic mass is 79.9. The van der Waals surface area contributed by atoms with Gasteiger partial charge in [0.05, 0.1) is 23.0 Å². The molecule has 2 aromatic rings. The largest absolute Gasteiger partial charge is 0.457 e. The lowest BCUT2D eigenvalue weighted by molar-refractivity contribution is -0.147. The molecule has 1 N–H and O–H groups in total. The highest BCUT2D eigenvalue weighted by Crippen LogP contribution is 2.20. The van der Waals surface area contributed by atoms with Gasteiger partial charge in [0.25, 0.3) is 5.91 Å². The van der Waals surface area contributed by atoms with Crippen LogP contribution in [0.3, 0.4) is 0 Å². The van der Waals surface area contributed by atoms with Crippen molar-refractivity contribution in [1.29, 1.82) is 0 Å². The van der Waals surface area contributed by atoms with E-state index in [1.165, 1.54) is 6.07 Å². The summed E-state index contributed by atoms with van der Waals surface area (Å²) in [4.78, 5) is 48.8. The molecule has 7 nitrogen and oxygen atoms in total. The van der Waals surface area contributed by atoms with E-state index < -0.39 is 30.3 Å². The number of carbonyl (C=O) groups is 4. The molecule has 1 atom stereocenters. The number of ether oxygens (including phenoxy) is 1. The monoisotopic (exact) mass is 478 g/mol. The molecule has 0 bridgehead atoms. The second-order valence-electron chi connectivity index (χ2n) is 6.36. The van der Waals surface area contributed by atoms with Crippen LogP contribution in [0.15, 0.2) is 53.0 Å². The minimum atomic E-state index is -0.772. The topological polar surface area (TPSA) is 92.8 Å². The van der Waals surface area contributed by atoms with Gasteiger partial charge in [0, 0.05) is 16.5 Å². The van der Waals surface area contributed by atoms with Crippen LogP contribution in [0.5, 0.6) is 0 Å². The molecule has 0 aromatic heterocycles. The number of nitrogens with zero attached hydrogens (tertiary/aromatic N) is 1. The molecule has 2 aromatic carbocycles. The summed E-state index contributed by atoms with van der Waals surface area (Å²) in [5.41, 5.74) is 3.08. The molecule has 1 aliphatic rings. The highest BCUT2D eigenvalue weighted by molar-refractivity contribution is 9.10. The van der Waals surface area contributed by atoms with Gasteiger partial charge in [0.1, 0.15) is 0 Å². The van der Waals surface area contributed by atoms with Crippen molar-refractivity contribution in [2.75, 3.05) is 13.2 Å². The molecule has 3 rings (SSSR count). The van der Waals surface area contributed by atoms with E-state index >= 15 is 0 Å². The summed E-state index contributed by atoms with van der Waals surface area (Å²) < 4.78 is 5.89. The first-order valence-electron chi connectivity index (χ1n) is 8.66. The zero-order valence-electron chi connectivity index (χ0n) is 15.1. The van der Waals surface area contributed by atoms with Crippen molar-refractivity contribution in [3.8, 4) is 0 Å². The first-order chi connectivity index (χ1) is 13.8. The van der Waals surface area contributed by atoms with E-state index in [1.54, 1.807) is 42.5 Å². The number of hydrogen-bond acceptors (Lipinski definition) is 5. The Labute approximate surface area is 180 Å². The van der Waals surface area contributed by atoms with Crippen molar-refractivity contribution in [2.24, 2.45) is 5.92 Å². The standard InChI is InChI=1S/C20H16BrClN2O5/c21-14-7-5-12(6-8-14)17(25)11-29-20(28)13-9-18(26)24(10-13)23-19(27)15-3-1-2-4-16(15)22/h1-8,13H,9-11H2,(H,23,27). The fourth-order valence-corrected chi connectivity index (χ4v) is 3.26. The van der Waals surface area contributed by atoms with Crippen LogP contribution in [0.4, 0.5) is 0 Å². The Morgan fingerprint density at radius 3 is 2.52 bits per heavy atom. The zero-order valence-corrected chi connectivity index (χ0v) is 17.4. The minimum absolute atomic E-state index is 0.0413. The molecular formula is C20H16BrClN2O5. The average Bonchev–Trinajstić information content (AvgIpc) is 3.07. The van der Waals surface area contributed by atoms with E-state index in [0.29, 0.717) is 5.56 Å². The Morgan fingerprint density at radius 2 is 1.83 bits per heavy atom. The molecule has 1 aliphatic heterocycles. The lowest BCUT2D eigenvalue weighted by atomic mass is 10.1. The maximum atomic E-state index is 12.3. The van der Waals surface area contributed by atoms with Crippen molar-refractivity contribution in [3.63, 3.8) is 0 Å². The number of nitrogens with one attached hydrogen (secondary N) is 1. The molecule has 9 heteroatoms. The first-order valence-corrected chi connectivity index (χ1v) is 9.83. The molecule has 1 unspecified atom stereocenters. The van der Waals surface area contributed by atoms with Crippen LogP contribution in [0.25, 0.3) is 0 Å². The highest BCUT2D eigenvalue weighted by Gasteiger charge is 2.37. The van der Waals surface area contributed by atoms with Crippen LogP contribution in [-0.2, 0) is 14.3 Å². The van der Waals surface area contributed by atoms with E-state index in [4.69, 9.17) is 16.3 Å². The number of benzene rings is 2. The van der Waals surface area contributed by atoms with Gasteiger partial charge in [-0.3, -0.25) is 29.6 Å². The van der Waals surface area contributed by atoms with Gasteiger partial charge in [0.2, 0.25) is 5.91 Å². The van der Waals surface area contributed by atoms with E-state index in [9.17, 15) is 19.2 Å². The Hall–Kier alpha value is -2.71. The Bertz CT molecular complexity index is 964. The average molecular weight is 480 g/mol. The van der Waals surface area contributed by atoms with E-state index in [-0.39, 0.29) is 29.3 Å². The third-order valence-electron chi connectivity index (χ3n) is 4.33. The predicted octanol–water partition coefficient (Wildman–Crippen LogP) is 3.02. The summed E-state index contributed by atoms with van der Waals surface area (Å²) in [5, 5.41) is 1.31. The van der Waals surface area contributed by atoms with Gasteiger partial charge in [-0.05, 0) is 24.3 Å². The maximum absolute atomic E-state index is 12.3. The van der Waals surface area contributed by atoms with Crippen molar-refractivity contribution in [3.05, 3.63) is 69.2 Å². The van der Waals surface area contributed by atoms with Crippen molar-refractivity contribution >= 4 is 51.1 Å². The Morgan fingerprint density at radius 1 is 1.14 bits per heavy atom. The fraction of sp³-hybridized carbons (Fsp3) is 0.200. The molecule has 0 saturated carbocycles. The second kappa shape index (κ2) is 9.19. The SMILES string of the molecule is O=C(COC(=O)C1CC(=O)N(NC(=O)c2ccccc2Cl)C1)c1ccc(Br)cc1. The number of hydrazine groups is 1. The van der Waals surface area contributed by atoms with Gasteiger partial charge in [0.15, 0.2) is 12.4 Å². The summed E-state index contributed by atoms with van der Waals surface area (Å²) >= 11 is 9.26. The first kappa shape index (κ1) is 21.0. The summed E-state index contributed by atoms with van der Waals surface area (Å²) in [5.74, 6) is -2.76. The minimum Gasteiger partial charge on any atom is -0.457 e. The molecular weight excluding hydrogens is 464 g/mol. The Kier molecular flexibility index (Phi) is 6.66. The van der Waals surface area contributed by atoms with Gasteiger partial charge in [-0.2, -0.15) is 0 Å². The lowest BCUT2D eigenvalue weighted by Gasteiger charge is -2.18. The number of carbonyl (C=O) groups excluding carboxylic acids is 4. The molecule has 1 saturated heterocycles. The maximum Gasteiger partial charge on any atom is 0.311 e. The predicted molar refractivity (Wildman–Crippen MR) is 108 cm³/mol. The van der Waals surface area contributed by atoms with Crippen LogP contribution in [0, 0.1) is 5.92 Å². The number of ketones is 1. The van der Waals surface area contributed by atoms with Crippen molar-refractivity contribution in [1.82, 2.24) is 10.4 Å². The molecule has 0 spiro atoms. The number of Topliss-reactive ketones (excluding diaryl/α,β-unsaturated/α-hetero) is 1. The number of halogens is 2. The fourth-order valence-electron chi connectivity index (χ4n) is 2.78. The summed E-state index contributed by atoms with van der Waals surface area (Å²) in [6, 6.07) is 13.1. The van der Waals surface area contributed by atoms with E-state index in [1.807, 2.05) is 0 Å². The number of rotatable bonds is 6. The van der Waals surface area contributed by atoms with Crippen LogP contribution < -0.4 is 5.43 Å². The quantitative estimate of drug-likeness (QED) is 0.508. The van der Waals surface area contributed by atoms with Gasteiger partial charge in [-0.25, -0.2) is 0 Å². The zero-order chi connectivity index (χ0) is 21.0. The van der Waals surface area contributed by atoms with Crippen molar-refractivity contribution in [2.45, 2.75) is 6.42 Å². The van der Waals surface area contributed by atoms with Crippen LogP contribution in [-0.4, -0.2) is 41.7 Å². The normalized spacial score (nSPS) is 15.9. The molecule has 1 heterocycles. The summed E-state index contributed by atoms with van der Waals surface area (Å²) in [6.45, 7) is -0.461. The van der Waals surface area contributed by atoms with Crippen LogP contribution >= 0.6 is 27.5 Å². The number of hydrogen-bond donors (Lipinski definition) is 1. The third-order valence-corrected chi connectivity index (χ3v) is 5.18. The smallest absolute Gasteiger partial charge is 0.311 e. The molecule has 150 valence electrons. The van der Waals surface area contributed by atoms with Gasteiger partial charge in [-0.15, -0.1) is 0 Å². The number of amides is 2.